The number of hydrogen-bond donors (Lipinski definition) is 0. The van der Waals surface area contributed by atoms with Gasteiger partial charge in [0.1, 0.15) is 5.75 Å². The van der Waals surface area contributed by atoms with Crippen LogP contribution in [0.15, 0.2) is 42.5 Å². The minimum Gasteiger partial charge on any atom is -0.497 e. The molecule has 102 valence electrons. The second-order valence-corrected chi connectivity index (χ2v) is 4.24. The van der Waals surface area contributed by atoms with Gasteiger partial charge in [-0.25, -0.2) is 0 Å². The molecule has 0 heterocycles. The molecule has 0 N–H and O–H groups in total. The Kier molecular flexibility index (Phi) is 6.14. The van der Waals surface area contributed by atoms with Crippen molar-refractivity contribution in [3.8, 4) is 16.9 Å². The third-order valence-electron chi connectivity index (χ3n) is 3.06. The van der Waals surface area contributed by atoms with E-state index < -0.39 is 0 Å². The number of aryl methyl sites for hydroxylation is 2. The van der Waals surface area contributed by atoms with Crippen LogP contribution in [0.5, 0.6) is 5.75 Å². The molecule has 2 aromatic rings. The van der Waals surface area contributed by atoms with Gasteiger partial charge in [0.25, 0.3) is 0 Å². The van der Waals surface area contributed by atoms with E-state index in [1.165, 1.54) is 22.3 Å². The molecule has 0 aliphatic carbocycles. The van der Waals surface area contributed by atoms with E-state index in [1.54, 1.807) is 7.11 Å². The van der Waals surface area contributed by atoms with Gasteiger partial charge in [0.05, 0.1) is 7.11 Å². The summed E-state index contributed by atoms with van der Waals surface area (Å²) in [4.78, 5) is 0. The maximum atomic E-state index is 5.27. The number of benzene rings is 2. The van der Waals surface area contributed by atoms with Crippen LogP contribution in [-0.2, 0) is 6.42 Å². The third kappa shape index (κ3) is 3.85. The lowest BCUT2D eigenvalue weighted by molar-refractivity contribution is 0.414. The van der Waals surface area contributed by atoms with E-state index >= 15 is 0 Å². The molecule has 0 saturated heterocycles. The van der Waals surface area contributed by atoms with Gasteiger partial charge in [-0.2, -0.15) is 0 Å². The largest absolute Gasteiger partial charge is 0.497 e. The van der Waals surface area contributed by atoms with E-state index in [4.69, 9.17) is 4.74 Å². The number of rotatable bonds is 3. The highest BCUT2D eigenvalue weighted by molar-refractivity contribution is 5.68. The van der Waals surface area contributed by atoms with E-state index in [9.17, 15) is 0 Å². The van der Waals surface area contributed by atoms with Crippen LogP contribution in [0.2, 0.25) is 0 Å². The predicted octanol–water partition coefficient (Wildman–Crippen LogP) is 5.26. The van der Waals surface area contributed by atoms with Crippen LogP contribution in [0.4, 0.5) is 0 Å². The molecule has 0 amide bonds. The van der Waals surface area contributed by atoms with Crippen molar-refractivity contribution >= 4 is 0 Å². The molecule has 0 spiro atoms. The average Bonchev–Trinajstić information content (AvgIpc) is 2.49. The van der Waals surface area contributed by atoms with Crippen molar-refractivity contribution in [2.75, 3.05) is 7.11 Å². The molecular formula is C18H24O. The fraction of sp³-hybridized carbons (Fsp3) is 0.333. The molecule has 0 aliphatic heterocycles. The molecule has 0 fully saturated rings. The van der Waals surface area contributed by atoms with Crippen molar-refractivity contribution in [1.29, 1.82) is 0 Å². The zero-order chi connectivity index (χ0) is 14.3. The molecular weight excluding hydrogens is 232 g/mol. The summed E-state index contributed by atoms with van der Waals surface area (Å²) in [5, 5.41) is 0. The van der Waals surface area contributed by atoms with Gasteiger partial charge in [-0.3, -0.25) is 0 Å². The summed E-state index contributed by atoms with van der Waals surface area (Å²) in [5.74, 6) is 0.928. The van der Waals surface area contributed by atoms with Gasteiger partial charge in [0, 0.05) is 0 Å². The first-order valence-electron chi connectivity index (χ1n) is 6.98. The molecule has 1 heteroatoms. The maximum Gasteiger partial charge on any atom is 0.119 e. The Morgan fingerprint density at radius 2 is 1.58 bits per heavy atom. The van der Waals surface area contributed by atoms with Gasteiger partial charge in [-0.15, -0.1) is 0 Å². The first-order chi connectivity index (χ1) is 9.24. The Morgan fingerprint density at radius 3 is 2.11 bits per heavy atom. The molecule has 0 radical (unpaired) electrons. The molecule has 1 nitrogen and oxygen atoms in total. The quantitative estimate of drug-likeness (QED) is 0.728. The number of hydrogen-bond acceptors (Lipinski definition) is 1. The summed E-state index contributed by atoms with van der Waals surface area (Å²) in [6.07, 6.45) is 1.01. The van der Waals surface area contributed by atoms with Crippen molar-refractivity contribution in [1.82, 2.24) is 0 Å². The van der Waals surface area contributed by atoms with Crippen molar-refractivity contribution in [2.24, 2.45) is 0 Å². The molecule has 0 bridgehead atoms. The summed E-state index contributed by atoms with van der Waals surface area (Å²) < 4.78 is 5.27. The van der Waals surface area contributed by atoms with Crippen LogP contribution in [0.25, 0.3) is 11.1 Å². The summed E-state index contributed by atoms with van der Waals surface area (Å²) >= 11 is 0. The molecule has 0 unspecified atom stereocenters. The maximum absolute atomic E-state index is 5.27. The van der Waals surface area contributed by atoms with Crippen molar-refractivity contribution < 1.29 is 4.74 Å². The zero-order valence-electron chi connectivity index (χ0n) is 12.7. The highest BCUT2D eigenvalue weighted by Gasteiger charge is 2.05. The van der Waals surface area contributed by atoms with Gasteiger partial charge in [0.2, 0.25) is 0 Å². The minimum atomic E-state index is 0.928. The Bertz CT molecular complexity index is 498. The average molecular weight is 256 g/mol. The van der Waals surface area contributed by atoms with Crippen LogP contribution in [0.1, 0.15) is 31.9 Å². The molecule has 0 aromatic heterocycles. The highest BCUT2D eigenvalue weighted by Crippen LogP contribution is 2.27. The Balaban J connectivity index is 0.000000861. The predicted molar refractivity (Wildman–Crippen MR) is 83.9 cm³/mol. The van der Waals surface area contributed by atoms with E-state index in [0.717, 1.165) is 12.2 Å². The third-order valence-corrected chi connectivity index (χ3v) is 3.06. The fourth-order valence-corrected chi connectivity index (χ4v) is 2.00. The first kappa shape index (κ1) is 15.3. The summed E-state index contributed by atoms with van der Waals surface area (Å²) in [6, 6.07) is 14.9. The summed E-state index contributed by atoms with van der Waals surface area (Å²) in [6.45, 7) is 8.28. The lowest BCUT2D eigenvalue weighted by atomic mass is 9.97. The standard InChI is InChI=1S/C16H18O.C2H6/c1-4-13-11-15(17-3)9-10-16(13)14-7-5-12(2)6-8-14;1-2/h5-11H,4H2,1-3H3;1-2H3. The Hall–Kier alpha value is -1.76. The van der Waals surface area contributed by atoms with Crippen LogP contribution in [0.3, 0.4) is 0 Å². The van der Waals surface area contributed by atoms with Crippen LogP contribution < -0.4 is 4.74 Å². The molecule has 0 saturated carbocycles. The monoisotopic (exact) mass is 256 g/mol. The van der Waals surface area contributed by atoms with Crippen LogP contribution >= 0.6 is 0 Å². The zero-order valence-corrected chi connectivity index (χ0v) is 12.7. The van der Waals surface area contributed by atoms with Crippen molar-refractivity contribution in [3.63, 3.8) is 0 Å². The van der Waals surface area contributed by atoms with E-state index in [0.29, 0.717) is 0 Å². The molecule has 19 heavy (non-hydrogen) atoms. The number of methoxy groups -OCH3 is 1. The van der Waals surface area contributed by atoms with Gasteiger partial charge >= 0.3 is 0 Å². The number of ether oxygens (including phenoxy) is 1. The second kappa shape index (κ2) is 7.63. The Labute approximate surface area is 117 Å². The normalized spacial score (nSPS) is 9.53. The van der Waals surface area contributed by atoms with Gasteiger partial charge in [-0.05, 0) is 42.2 Å². The van der Waals surface area contributed by atoms with Gasteiger partial charge < -0.3 is 4.74 Å². The van der Waals surface area contributed by atoms with Crippen LogP contribution in [0, 0.1) is 6.92 Å². The first-order valence-corrected chi connectivity index (χ1v) is 6.98. The van der Waals surface area contributed by atoms with Crippen LogP contribution in [-0.4, -0.2) is 7.11 Å². The highest BCUT2D eigenvalue weighted by atomic mass is 16.5. The van der Waals surface area contributed by atoms with E-state index in [1.807, 2.05) is 19.9 Å². The summed E-state index contributed by atoms with van der Waals surface area (Å²) in [7, 11) is 1.71. The minimum absolute atomic E-state index is 0.928. The van der Waals surface area contributed by atoms with Gasteiger partial charge in [0.15, 0.2) is 0 Å². The van der Waals surface area contributed by atoms with Gasteiger partial charge in [-0.1, -0.05) is 56.7 Å². The van der Waals surface area contributed by atoms with Crippen molar-refractivity contribution in [2.45, 2.75) is 34.1 Å². The summed E-state index contributed by atoms with van der Waals surface area (Å²) in [5.41, 5.74) is 5.19. The topological polar surface area (TPSA) is 9.23 Å². The lowest BCUT2D eigenvalue weighted by Gasteiger charge is -2.10. The SMILES string of the molecule is CC.CCc1cc(OC)ccc1-c1ccc(C)cc1. The fourth-order valence-electron chi connectivity index (χ4n) is 2.00. The van der Waals surface area contributed by atoms with E-state index in [-0.39, 0.29) is 0 Å². The molecule has 0 aliphatic rings. The van der Waals surface area contributed by atoms with E-state index in [2.05, 4.69) is 50.2 Å². The lowest BCUT2D eigenvalue weighted by Crippen LogP contribution is -1.90. The Morgan fingerprint density at radius 1 is 0.947 bits per heavy atom. The second-order valence-electron chi connectivity index (χ2n) is 4.24. The molecule has 0 atom stereocenters. The molecule has 2 aromatic carbocycles. The van der Waals surface area contributed by atoms with Crippen molar-refractivity contribution in [3.05, 3.63) is 53.6 Å². The smallest absolute Gasteiger partial charge is 0.119 e. The molecule has 2 rings (SSSR count).